The summed E-state index contributed by atoms with van der Waals surface area (Å²) in [5, 5.41) is 7.69. The molecule has 2 aliphatic rings. The fourth-order valence-electron chi connectivity index (χ4n) is 3.41. The number of nitrogens with two attached hydrogens (primary N) is 1. The van der Waals surface area contributed by atoms with Crippen LogP contribution in [-0.4, -0.2) is 25.5 Å². The predicted molar refractivity (Wildman–Crippen MR) is 76.6 cm³/mol. The highest BCUT2D eigenvalue weighted by Crippen LogP contribution is 2.31. The molecule has 0 aromatic rings. The maximum Gasteiger partial charge on any atom is 0.212 e. The van der Waals surface area contributed by atoms with Crippen LogP contribution in [0.1, 0.15) is 57.8 Å². The summed E-state index contributed by atoms with van der Waals surface area (Å²) in [5.41, 5.74) is 4.83. The Morgan fingerprint density at radius 1 is 1.16 bits per heavy atom. The van der Waals surface area contributed by atoms with Crippen molar-refractivity contribution in [3.63, 3.8) is 0 Å². The Morgan fingerprint density at radius 3 is 2.26 bits per heavy atom. The molecule has 5 nitrogen and oxygen atoms in total. The van der Waals surface area contributed by atoms with E-state index >= 15 is 0 Å². The van der Waals surface area contributed by atoms with Crippen molar-refractivity contribution >= 4 is 15.9 Å². The van der Waals surface area contributed by atoms with E-state index < -0.39 is 15.6 Å². The third-order valence-electron chi connectivity index (χ3n) is 4.50. The van der Waals surface area contributed by atoms with Crippen LogP contribution >= 0.6 is 0 Å². The lowest BCUT2D eigenvalue weighted by Gasteiger charge is -2.30. The molecule has 0 saturated heterocycles. The van der Waals surface area contributed by atoms with E-state index in [2.05, 4.69) is 4.72 Å². The SMILES string of the molecule is N=C(N)C1(NS(=O)(=O)CC2CCCCC2)CCCC1. The first-order chi connectivity index (χ1) is 8.94. The topological polar surface area (TPSA) is 96.0 Å². The molecule has 0 radical (unpaired) electrons. The van der Waals surface area contributed by atoms with Gasteiger partial charge < -0.3 is 5.73 Å². The van der Waals surface area contributed by atoms with E-state index in [0.29, 0.717) is 12.8 Å². The van der Waals surface area contributed by atoms with Crippen molar-refractivity contribution in [1.29, 1.82) is 5.41 Å². The van der Waals surface area contributed by atoms with Crippen LogP contribution in [0.4, 0.5) is 0 Å². The average Bonchev–Trinajstić information content (AvgIpc) is 2.78. The van der Waals surface area contributed by atoms with Gasteiger partial charge in [-0.3, -0.25) is 5.41 Å². The normalized spacial score (nSPS) is 24.4. The van der Waals surface area contributed by atoms with Crippen molar-refractivity contribution in [1.82, 2.24) is 4.72 Å². The van der Waals surface area contributed by atoms with Crippen molar-refractivity contribution in [3.05, 3.63) is 0 Å². The molecule has 0 spiro atoms. The van der Waals surface area contributed by atoms with E-state index in [1.54, 1.807) is 0 Å². The molecule has 6 heteroatoms. The van der Waals surface area contributed by atoms with Gasteiger partial charge in [0, 0.05) is 0 Å². The fraction of sp³-hybridized carbons (Fsp3) is 0.923. The fourth-order valence-corrected chi connectivity index (χ4v) is 5.36. The Hall–Kier alpha value is -0.620. The van der Waals surface area contributed by atoms with Crippen LogP contribution in [-0.2, 0) is 10.0 Å². The van der Waals surface area contributed by atoms with E-state index in [9.17, 15) is 8.42 Å². The van der Waals surface area contributed by atoms with Gasteiger partial charge in [-0.1, -0.05) is 32.1 Å². The summed E-state index contributed by atoms with van der Waals surface area (Å²) >= 11 is 0. The lowest BCUT2D eigenvalue weighted by atomic mass is 9.91. The van der Waals surface area contributed by atoms with Crippen molar-refractivity contribution in [2.75, 3.05) is 5.75 Å². The van der Waals surface area contributed by atoms with Gasteiger partial charge in [0.05, 0.1) is 11.3 Å². The smallest absolute Gasteiger partial charge is 0.212 e. The summed E-state index contributed by atoms with van der Waals surface area (Å²) in [6, 6.07) is 0. The molecular formula is C13H25N3O2S. The van der Waals surface area contributed by atoms with Crippen molar-refractivity contribution < 1.29 is 8.42 Å². The number of amidine groups is 1. The van der Waals surface area contributed by atoms with Gasteiger partial charge in [-0.2, -0.15) is 0 Å². The maximum absolute atomic E-state index is 12.3. The van der Waals surface area contributed by atoms with Crippen LogP contribution < -0.4 is 10.5 Å². The van der Waals surface area contributed by atoms with Gasteiger partial charge in [-0.15, -0.1) is 0 Å². The lowest BCUT2D eigenvalue weighted by molar-refractivity contribution is 0.381. The van der Waals surface area contributed by atoms with Crippen LogP contribution in [0, 0.1) is 11.3 Å². The van der Waals surface area contributed by atoms with Crippen LogP contribution in [0.15, 0.2) is 0 Å². The van der Waals surface area contributed by atoms with Gasteiger partial charge in [-0.05, 0) is 31.6 Å². The van der Waals surface area contributed by atoms with Gasteiger partial charge >= 0.3 is 0 Å². The molecule has 0 amide bonds. The minimum atomic E-state index is -3.34. The first kappa shape index (κ1) is 14.8. The monoisotopic (exact) mass is 287 g/mol. The molecule has 0 aromatic carbocycles. The first-order valence-corrected chi connectivity index (χ1v) is 8.95. The van der Waals surface area contributed by atoms with E-state index in [-0.39, 0.29) is 17.5 Å². The summed E-state index contributed by atoms with van der Waals surface area (Å²) < 4.78 is 27.3. The minimum absolute atomic E-state index is 0.0304. The molecule has 2 fully saturated rings. The van der Waals surface area contributed by atoms with E-state index in [0.717, 1.165) is 38.5 Å². The Morgan fingerprint density at radius 2 is 1.74 bits per heavy atom. The zero-order valence-electron chi connectivity index (χ0n) is 11.5. The molecular weight excluding hydrogens is 262 g/mol. The lowest BCUT2D eigenvalue weighted by Crippen LogP contribution is -2.56. The average molecular weight is 287 g/mol. The molecule has 19 heavy (non-hydrogen) atoms. The first-order valence-electron chi connectivity index (χ1n) is 7.30. The summed E-state index contributed by atoms with van der Waals surface area (Å²) in [6.07, 6.45) is 8.70. The zero-order valence-corrected chi connectivity index (χ0v) is 12.3. The molecule has 0 unspecified atom stereocenters. The predicted octanol–water partition coefficient (Wildman–Crippen LogP) is 1.73. The molecule has 0 heterocycles. The van der Waals surface area contributed by atoms with E-state index in [1.165, 1.54) is 6.42 Å². The molecule has 4 N–H and O–H groups in total. The van der Waals surface area contributed by atoms with Crippen LogP contribution in [0.25, 0.3) is 0 Å². The molecule has 2 aliphatic carbocycles. The standard InChI is InChI=1S/C13H25N3O2S/c14-12(15)13(8-4-5-9-13)16-19(17,18)10-11-6-2-1-3-7-11/h11,16H,1-10H2,(H3,14,15). The van der Waals surface area contributed by atoms with Gasteiger partial charge in [-0.25, -0.2) is 13.1 Å². The van der Waals surface area contributed by atoms with Gasteiger partial charge in [0.15, 0.2) is 0 Å². The van der Waals surface area contributed by atoms with Gasteiger partial charge in [0.1, 0.15) is 5.84 Å². The highest BCUT2D eigenvalue weighted by Gasteiger charge is 2.40. The Labute approximate surface area is 115 Å². The number of hydrogen-bond donors (Lipinski definition) is 3. The third-order valence-corrected chi connectivity index (χ3v) is 6.12. The zero-order chi connectivity index (χ0) is 13.9. The second-order valence-electron chi connectivity index (χ2n) is 6.09. The molecule has 2 rings (SSSR count). The highest BCUT2D eigenvalue weighted by atomic mass is 32.2. The van der Waals surface area contributed by atoms with E-state index in [4.69, 9.17) is 11.1 Å². The molecule has 0 aliphatic heterocycles. The Balaban J connectivity index is 2.01. The summed E-state index contributed by atoms with van der Waals surface area (Å²) in [6.45, 7) is 0. The van der Waals surface area contributed by atoms with E-state index in [1.807, 2.05) is 0 Å². The minimum Gasteiger partial charge on any atom is -0.386 e. The molecule has 110 valence electrons. The summed E-state index contributed by atoms with van der Waals surface area (Å²) in [5.74, 6) is 0.441. The number of hydrogen-bond acceptors (Lipinski definition) is 3. The molecule has 2 saturated carbocycles. The van der Waals surface area contributed by atoms with Crippen LogP contribution in [0.3, 0.4) is 0 Å². The molecule has 0 bridgehead atoms. The highest BCUT2D eigenvalue weighted by molar-refractivity contribution is 7.89. The van der Waals surface area contributed by atoms with Crippen molar-refractivity contribution in [2.24, 2.45) is 11.7 Å². The molecule has 0 aromatic heterocycles. The second kappa shape index (κ2) is 5.79. The largest absolute Gasteiger partial charge is 0.386 e. The van der Waals surface area contributed by atoms with Gasteiger partial charge in [0.25, 0.3) is 0 Å². The summed E-state index contributed by atoms with van der Waals surface area (Å²) in [7, 11) is -3.34. The Kier molecular flexibility index (Phi) is 4.50. The quantitative estimate of drug-likeness (QED) is 0.531. The Bertz CT molecular complexity index is 421. The number of rotatable bonds is 5. The number of sulfonamides is 1. The van der Waals surface area contributed by atoms with Gasteiger partial charge in [0.2, 0.25) is 10.0 Å². The summed E-state index contributed by atoms with van der Waals surface area (Å²) in [4.78, 5) is 0. The number of nitrogens with one attached hydrogen (secondary N) is 2. The maximum atomic E-state index is 12.3. The second-order valence-corrected chi connectivity index (χ2v) is 7.86. The van der Waals surface area contributed by atoms with Crippen LogP contribution in [0.5, 0.6) is 0 Å². The third kappa shape index (κ3) is 3.69. The molecule has 0 atom stereocenters. The van der Waals surface area contributed by atoms with Crippen LogP contribution in [0.2, 0.25) is 0 Å². The van der Waals surface area contributed by atoms with Crippen molar-refractivity contribution in [3.8, 4) is 0 Å². The van der Waals surface area contributed by atoms with Crippen molar-refractivity contribution in [2.45, 2.75) is 63.3 Å².